The number of aliphatic hydroxyl groups excluding tert-OH is 1. The Morgan fingerprint density at radius 1 is 1.38 bits per heavy atom. The van der Waals surface area contributed by atoms with Crippen molar-refractivity contribution >= 4 is 27.9 Å². The highest BCUT2D eigenvalue weighted by Crippen LogP contribution is 2.51. The minimum Gasteiger partial charge on any atom is -0.494 e. The van der Waals surface area contributed by atoms with E-state index >= 15 is 4.39 Å². The maximum atomic E-state index is 15.6. The zero-order valence-electron chi connectivity index (χ0n) is 17.0. The van der Waals surface area contributed by atoms with Crippen molar-refractivity contribution in [2.45, 2.75) is 43.6 Å². The highest BCUT2D eigenvalue weighted by Gasteiger charge is 2.45. The Labute approximate surface area is 183 Å². The third-order valence-electron chi connectivity index (χ3n) is 6.27. The van der Waals surface area contributed by atoms with Gasteiger partial charge in [0.25, 0.3) is 11.5 Å². The Bertz CT molecular complexity index is 1370. The minimum atomic E-state index is -3.08. The van der Waals surface area contributed by atoms with Gasteiger partial charge in [0.15, 0.2) is 11.6 Å². The average Bonchev–Trinajstić information content (AvgIpc) is 3.48. The number of nitrogens with one attached hydrogen (secondary N) is 1. The third kappa shape index (κ3) is 2.91. The van der Waals surface area contributed by atoms with Crippen molar-refractivity contribution < 1.29 is 23.0 Å². The van der Waals surface area contributed by atoms with Gasteiger partial charge in [-0.3, -0.25) is 14.3 Å². The standard InChI is InChI=1S/C21H20F3N3O4S/c1-31-18-13(12-6-9-10(7-28)21(23,24)5-4-11(9)32-12)15(22)16(25)14-17(18)27(8-2-3-8)20(30)26-19(14)29/h6,8,10,28H,2-5,7,25H2,1H3,(H,26,29,30). The lowest BCUT2D eigenvalue weighted by molar-refractivity contribution is -0.0554. The normalized spacial score (nSPS) is 19.8. The van der Waals surface area contributed by atoms with E-state index < -0.39 is 47.6 Å². The molecular weight excluding hydrogens is 447 g/mol. The van der Waals surface area contributed by atoms with Gasteiger partial charge in [0.05, 0.1) is 36.3 Å². The molecule has 2 aromatic heterocycles. The Kier molecular flexibility index (Phi) is 4.68. The summed E-state index contributed by atoms with van der Waals surface area (Å²) >= 11 is 1.11. The zero-order valence-corrected chi connectivity index (χ0v) is 17.8. The molecule has 1 unspecified atom stereocenters. The molecule has 2 aliphatic rings. The van der Waals surface area contributed by atoms with Crippen LogP contribution in [0.5, 0.6) is 5.75 Å². The topological polar surface area (TPSA) is 110 Å². The summed E-state index contributed by atoms with van der Waals surface area (Å²) in [6.45, 7) is -0.744. The molecule has 1 aromatic carbocycles. The Balaban J connectivity index is 1.85. The van der Waals surface area contributed by atoms with Gasteiger partial charge in [0.2, 0.25) is 0 Å². The smallest absolute Gasteiger partial charge is 0.329 e. The second-order valence-corrected chi connectivity index (χ2v) is 9.34. The summed E-state index contributed by atoms with van der Waals surface area (Å²) in [6, 6.07) is 1.25. The molecule has 0 spiro atoms. The van der Waals surface area contributed by atoms with Crippen molar-refractivity contribution in [2.75, 3.05) is 19.5 Å². The highest BCUT2D eigenvalue weighted by molar-refractivity contribution is 7.15. The number of aliphatic hydroxyl groups is 1. The number of benzene rings is 1. The summed E-state index contributed by atoms with van der Waals surface area (Å²) in [5, 5.41) is 9.40. The number of aromatic amines is 1. The second kappa shape index (κ2) is 7.11. The number of nitrogens with zero attached hydrogens (tertiary/aromatic N) is 1. The van der Waals surface area contributed by atoms with Gasteiger partial charge in [0.1, 0.15) is 5.52 Å². The van der Waals surface area contributed by atoms with E-state index in [4.69, 9.17) is 10.5 Å². The first-order valence-corrected chi connectivity index (χ1v) is 11.0. The van der Waals surface area contributed by atoms with Crippen LogP contribution in [-0.4, -0.2) is 34.3 Å². The number of nitrogen functional groups attached to an aromatic ring is 1. The van der Waals surface area contributed by atoms with Crippen LogP contribution in [0.1, 0.15) is 41.7 Å². The lowest BCUT2D eigenvalue weighted by atomic mass is 9.84. The molecule has 1 atom stereocenters. The number of aryl methyl sites for hydroxylation is 1. The van der Waals surface area contributed by atoms with Gasteiger partial charge in [0, 0.05) is 22.2 Å². The summed E-state index contributed by atoms with van der Waals surface area (Å²) in [6.07, 6.45) is 1.08. The number of alkyl halides is 2. The van der Waals surface area contributed by atoms with E-state index in [0.717, 1.165) is 11.3 Å². The maximum absolute atomic E-state index is 15.6. The molecule has 2 aliphatic carbocycles. The van der Waals surface area contributed by atoms with Crippen LogP contribution in [0.3, 0.4) is 0 Å². The lowest BCUT2D eigenvalue weighted by Gasteiger charge is -2.30. The van der Waals surface area contributed by atoms with E-state index in [9.17, 15) is 23.5 Å². The largest absolute Gasteiger partial charge is 0.494 e. The number of thiophene rings is 1. The van der Waals surface area contributed by atoms with Gasteiger partial charge < -0.3 is 15.6 Å². The molecule has 2 heterocycles. The summed E-state index contributed by atoms with van der Waals surface area (Å²) in [4.78, 5) is 28.2. The molecule has 5 rings (SSSR count). The number of fused-ring (bicyclic) bond motifs is 2. The minimum absolute atomic E-state index is 0.0484. The van der Waals surface area contributed by atoms with Crippen LogP contribution in [0.25, 0.3) is 21.3 Å². The number of rotatable bonds is 4. The number of anilines is 1. The molecule has 3 aromatic rings. The number of aromatic nitrogens is 2. The maximum Gasteiger partial charge on any atom is 0.329 e. The quantitative estimate of drug-likeness (QED) is 0.511. The van der Waals surface area contributed by atoms with E-state index in [-0.39, 0.29) is 45.1 Å². The molecule has 32 heavy (non-hydrogen) atoms. The van der Waals surface area contributed by atoms with Crippen LogP contribution in [0.2, 0.25) is 0 Å². The zero-order chi connectivity index (χ0) is 22.9. The predicted molar refractivity (Wildman–Crippen MR) is 114 cm³/mol. The molecule has 1 saturated carbocycles. The Hall–Kier alpha value is -2.79. The SMILES string of the molecule is COc1c(-c2cc3c(s2)CCC(F)(F)C3CO)c(F)c(N)c2c(=O)[nH]c(=O)n(C3CC3)c12. The van der Waals surface area contributed by atoms with Gasteiger partial charge in [-0.25, -0.2) is 18.0 Å². The number of nitrogens with two attached hydrogens (primary N) is 1. The second-order valence-electron chi connectivity index (χ2n) is 8.21. The van der Waals surface area contributed by atoms with Gasteiger partial charge in [-0.05, 0) is 30.9 Å². The number of H-pyrrole nitrogens is 1. The van der Waals surface area contributed by atoms with Crippen LogP contribution in [0.15, 0.2) is 15.7 Å². The van der Waals surface area contributed by atoms with E-state index in [0.29, 0.717) is 17.7 Å². The number of hydrogen-bond acceptors (Lipinski definition) is 6. The van der Waals surface area contributed by atoms with Gasteiger partial charge >= 0.3 is 5.69 Å². The van der Waals surface area contributed by atoms with Crippen LogP contribution in [-0.2, 0) is 6.42 Å². The molecule has 1 fully saturated rings. The number of ether oxygens (including phenoxy) is 1. The van der Waals surface area contributed by atoms with Crippen molar-refractivity contribution in [1.29, 1.82) is 0 Å². The third-order valence-corrected chi connectivity index (χ3v) is 7.50. The summed E-state index contributed by atoms with van der Waals surface area (Å²) < 4.78 is 51.1. The van der Waals surface area contributed by atoms with Crippen LogP contribution in [0.4, 0.5) is 18.9 Å². The first kappa shape index (κ1) is 21.1. The fourth-order valence-corrected chi connectivity index (χ4v) is 5.81. The van der Waals surface area contributed by atoms with E-state index in [2.05, 4.69) is 4.98 Å². The summed E-state index contributed by atoms with van der Waals surface area (Å²) in [5.41, 5.74) is 4.36. The van der Waals surface area contributed by atoms with E-state index in [1.807, 2.05) is 0 Å². The fourth-order valence-electron chi connectivity index (χ4n) is 4.55. The summed E-state index contributed by atoms with van der Waals surface area (Å²) in [5.74, 6) is -5.44. The van der Waals surface area contributed by atoms with E-state index in [1.165, 1.54) is 17.7 Å². The van der Waals surface area contributed by atoms with Gasteiger partial charge in [-0.15, -0.1) is 11.3 Å². The fraction of sp³-hybridized carbons (Fsp3) is 0.429. The van der Waals surface area contributed by atoms with Crippen molar-refractivity contribution in [3.8, 4) is 16.2 Å². The molecule has 170 valence electrons. The number of methoxy groups -OCH3 is 1. The molecule has 0 radical (unpaired) electrons. The highest BCUT2D eigenvalue weighted by atomic mass is 32.1. The van der Waals surface area contributed by atoms with Crippen molar-refractivity contribution in [3.63, 3.8) is 0 Å². The van der Waals surface area contributed by atoms with Crippen LogP contribution in [0, 0.1) is 5.82 Å². The van der Waals surface area contributed by atoms with Gasteiger partial charge in [-0.2, -0.15) is 0 Å². The molecular formula is C21H20F3N3O4S. The lowest BCUT2D eigenvalue weighted by Crippen LogP contribution is -2.33. The predicted octanol–water partition coefficient (Wildman–Crippen LogP) is 3.14. The molecule has 0 saturated heterocycles. The molecule has 0 aliphatic heterocycles. The molecule has 7 nitrogen and oxygen atoms in total. The number of halogens is 3. The monoisotopic (exact) mass is 467 g/mol. The van der Waals surface area contributed by atoms with Crippen molar-refractivity contribution in [1.82, 2.24) is 9.55 Å². The average molecular weight is 467 g/mol. The van der Waals surface area contributed by atoms with Crippen LogP contribution < -0.4 is 21.7 Å². The number of hydrogen-bond donors (Lipinski definition) is 3. The molecule has 0 amide bonds. The first-order valence-electron chi connectivity index (χ1n) is 10.1. The van der Waals surface area contributed by atoms with Crippen molar-refractivity contribution in [2.24, 2.45) is 0 Å². The summed E-state index contributed by atoms with van der Waals surface area (Å²) in [7, 11) is 1.29. The Morgan fingerprint density at radius 3 is 2.72 bits per heavy atom. The molecule has 0 bridgehead atoms. The van der Waals surface area contributed by atoms with Gasteiger partial charge in [-0.1, -0.05) is 0 Å². The molecule has 4 N–H and O–H groups in total. The molecule has 11 heteroatoms. The van der Waals surface area contributed by atoms with E-state index in [1.54, 1.807) is 0 Å². The first-order chi connectivity index (χ1) is 15.2. The Morgan fingerprint density at radius 2 is 2.09 bits per heavy atom. The van der Waals surface area contributed by atoms with Crippen LogP contribution >= 0.6 is 11.3 Å². The van der Waals surface area contributed by atoms with Crippen molar-refractivity contribution in [3.05, 3.63) is 43.2 Å².